The van der Waals surface area contributed by atoms with Crippen LogP contribution in [0.15, 0.2) is 85.1 Å². The van der Waals surface area contributed by atoms with E-state index in [1.807, 2.05) is 78.9 Å². The molecule has 6 rings (SSSR count). The van der Waals surface area contributed by atoms with Crippen molar-refractivity contribution in [1.29, 1.82) is 0 Å². The number of benzene rings is 3. The van der Waals surface area contributed by atoms with Crippen LogP contribution < -0.4 is 5.32 Å². The molecule has 0 atom stereocenters. The fourth-order valence-electron chi connectivity index (χ4n) is 5.10. The van der Waals surface area contributed by atoms with Crippen molar-refractivity contribution in [3.05, 3.63) is 106 Å². The Bertz CT molecular complexity index is 1530. The highest BCUT2D eigenvalue weighted by Gasteiger charge is 2.29. The lowest BCUT2D eigenvalue weighted by Gasteiger charge is -2.10. The van der Waals surface area contributed by atoms with Crippen LogP contribution in [0.2, 0.25) is 10.0 Å². The summed E-state index contributed by atoms with van der Waals surface area (Å²) in [5.41, 5.74) is 7.80. The van der Waals surface area contributed by atoms with Gasteiger partial charge in [0.15, 0.2) is 0 Å². The maximum Gasteiger partial charge on any atom is 0.273 e. The molecule has 3 heterocycles. The molecular formula is C29H23Cl2N3O. The van der Waals surface area contributed by atoms with Gasteiger partial charge in [0.05, 0.1) is 5.69 Å². The van der Waals surface area contributed by atoms with E-state index in [1.54, 1.807) is 0 Å². The van der Waals surface area contributed by atoms with Crippen LogP contribution >= 0.6 is 23.2 Å². The summed E-state index contributed by atoms with van der Waals surface area (Å²) in [6, 6.07) is 25.2. The molecule has 6 heteroatoms. The number of nitrogens with one attached hydrogen (secondary N) is 1. The van der Waals surface area contributed by atoms with Crippen LogP contribution in [-0.4, -0.2) is 14.9 Å². The number of aryl methyl sites for hydroxylation is 2. The summed E-state index contributed by atoms with van der Waals surface area (Å²) >= 11 is 12.4. The number of aromatic nitrogens is 2. The highest BCUT2D eigenvalue weighted by Crippen LogP contribution is 2.40. The van der Waals surface area contributed by atoms with Gasteiger partial charge in [0.25, 0.3) is 5.91 Å². The third kappa shape index (κ3) is 3.93. The zero-order chi connectivity index (χ0) is 23.9. The Morgan fingerprint density at radius 2 is 1.46 bits per heavy atom. The van der Waals surface area contributed by atoms with E-state index in [9.17, 15) is 4.79 Å². The summed E-state index contributed by atoms with van der Waals surface area (Å²) < 4.78 is 4.43. The summed E-state index contributed by atoms with van der Waals surface area (Å²) in [6.07, 6.45) is 5.13. The van der Waals surface area contributed by atoms with Gasteiger partial charge < -0.3 is 9.88 Å². The van der Waals surface area contributed by atoms with Gasteiger partial charge in [-0.2, -0.15) is 0 Å². The van der Waals surface area contributed by atoms with Gasteiger partial charge in [-0.05, 0) is 66.8 Å². The van der Waals surface area contributed by atoms with E-state index >= 15 is 0 Å². The molecule has 35 heavy (non-hydrogen) atoms. The predicted octanol–water partition coefficient (Wildman–Crippen LogP) is 7.97. The molecule has 4 nitrogen and oxygen atoms in total. The van der Waals surface area contributed by atoms with Gasteiger partial charge in [-0.25, -0.2) is 0 Å². The molecule has 0 saturated heterocycles. The minimum atomic E-state index is -0.136. The number of carbonyl (C=O) groups is 1. The molecule has 1 amide bonds. The molecule has 1 N–H and O–H groups in total. The number of rotatable bonds is 4. The number of carbonyl (C=O) groups excluding carboxylic acids is 1. The number of para-hydroxylation sites is 1. The smallest absolute Gasteiger partial charge is 0.273 e. The van der Waals surface area contributed by atoms with Crippen molar-refractivity contribution in [1.82, 2.24) is 8.97 Å². The maximum absolute atomic E-state index is 13.8. The SMILES string of the molecule is O=C(Nc1ccccc1)c1c(-c2ccc(Cl)cc2)c2c3n(c(-c4ccc(Cl)cc4)cn13)CCCC2. The van der Waals surface area contributed by atoms with Gasteiger partial charge in [0, 0.05) is 39.6 Å². The molecule has 2 aromatic heterocycles. The van der Waals surface area contributed by atoms with E-state index in [4.69, 9.17) is 23.2 Å². The Kier molecular flexibility index (Phi) is 5.63. The summed E-state index contributed by atoms with van der Waals surface area (Å²) in [5.74, 6) is -0.136. The second kappa shape index (κ2) is 8.95. The number of hydrogen-bond acceptors (Lipinski definition) is 1. The molecule has 3 aromatic carbocycles. The third-order valence-electron chi connectivity index (χ3n) is 6.65. The number of amides is 1. The van der Waals surface area contributed by atoms with Crippen LogP contribution in [0.25, 0.3) is 28.0 Å². The topological polar surface area (TPSA) is 38.4 Å². The Labute approximate surface area is 213 Å². The molecule has 0 aliphatic carbocycles. The van der Waals surface area contributed by atoms with Crippen molar-refractivity contribution in [2.75, 3.05) is 5.32 Å². The summed E-state index contributed by atoms with van der Waals surface area (Å²) in [5, 5.41) is 4.49. The lowest BCUT2D eigenvalue weighted by molar-refractivity contribution is 0.102. The Morgan fingerprint density at radius 3 is 2.14 bits per heavy atom. The molecule has 0 spiro atoms. The summed E-state index contributed by atoms with van der Waals surface area (Å²) in [7, 11) is 0. The van der Waals surface area contributed by atoms with Gasteiger partial charge in [-0.15, -0.1) is 0 Å². The molecule has 0 radical (unpaired) electrons. The fraction of sp³-hybridized carbons (Fsp3) is 0.138. The molecule has 0 bridgehead atoms. The monoisotopic (exact) mass is 499 g/mol. The van der Waals surface area contributed by atoms with Crippen LogP contribution in [-0.2, 0) is 13.0 Å². The van der Waals surface area contributed by atoms with E-state index in [0.29, 0.717) is 15.7 Å². The second-order valence-corrected chi connectivity index (χ2v) is 9.73. The largest absolute Gasteiger partial charge is 0.325 e. The van der Waals surface area contributed by atoms with Crippen molar-refractivity contribution in [3.63, 3.8) is 0 Å². The molecule has 0 unspecified atom stereocenters. The predicted molar refractivity (Wildman–Crippen MR) is 144 cm³/mol. The molecule has 0 fully saturated rings. The number of nitrogens with zero attached hydrogens (tertiary/aromatic N) is 2. The Balaban J connectivity index is 1.62. The first kappa shape index (κ1) is 22.0. The van der Waals surface area contributed by atoms with Crippen molar-refractivity contribution in [2.45, 2.75) is 25.8 Å². The molecule has 174 valence electrons. The third-order valence-corrected chi connectivity index (χ3v) is 7.16. The quantitative estimate of drug-likeness (QED) is 0.267. The minimum absolute atomic E-state index is 0.136. The fourth-order valence-corrected chi connectivity index (χ4v) is 5.35. The van der Waals surface area contributed by atoms with Crippen LogP contribution in [0.3, 0.4) is 0 Å². The van der Waals surface area contributed by atoms with Crippen LogP contribution in [0.1, 0.15) is 28.9 Å². The van der Waals surface area contributed by atoms with Crippen LogP contribution in [0, 0.1) is 0 Å². The highest BCUT2D eigenvalue weighted by atomic mass is 35.5. The van der Waals surface area contributed by atoms with Crippen molar-refractivity contribution in [2.24, 2.45) is 0 Å². The van der Waals surface area contributed by atoms with E-state index in [2.05, 4.69) is 20.5 Å². The first-order chi connectivity index (χ1) is 17.1. The zero-order valence-electron chi connectivity index (χ0n) is 19.0. The van der Waals surface area contributed by atoms with E-state index in [-0.39, 0.29) is 5.91 Å². The normalized spacial score (nSPS) is 13.1. The molecular weight excluding hydrogens is 477 g/mol. The second-order valence-electron chi connectivity index (χ2n) is 8.85. The minimum Gasteiger partial charge on any atom is -0.325 e. The average Bonchev–Trinajstić information content (AvgIpc) is 3.28. The van der Waals surface area contributed by atoms with Gasteiger partial charge >= 0.3 is 0 Å². The average molecular weight is 500 g/mol. The number of halogens is 2. The number of anilines is 1. The van der Waals surface area contributed by atoms with E-state index in [1.165, 1.54) is 5.56 Å². The molecule has 0 saturated carbocycles. The highest BCUT2D eigenvalue weighted by molar-refractivity contribution is 6.31. The Hall–Kier alpha value is -3.47. The van der Waals surface area contributed by atoms with Gasteiger partial charge in [-0.1, -0.05) is 65.7 Å². The zero-order valence-corrected chi connectivity index (χ0v) is 20.5. The summed E-state index contributed by atoms with van der Waals surface area (Å²) in [6.45, 7) is 0.894. The molecule has 1 aliphatic rings. The van der Waals surface area contributed by atoms with Crippen molar-refractivity contribution < 1.29 is 4.79 Å². The van der Waals surface area contributed by atoms with Crippen LogP contribution in [0.5, 0.6) is 0 Å². The van der Waals surface area contributed by atoms with Crippen LogP contribution in [0.4, 0.5) is 5.69 Å². The van der Waals surface area contributed by atoms with Gasteiger partial charge in [0.1, 0.15) is 11.3 Å². The number of hydrogen-bond donors (Lipinski definition) is 1. The first-order valence-corrected chi connectivity index (χ1v) is 12.5. The lowest BCUT2D eigenvalue weighted by Crippen LogP contribution is -2.15. The first-order valence-electron chi connectivity index (χ1n) is 11.7. The standard InChI is InChI=1S/C29H23Cl2N3O/c30-21-13-9-19(10-14-21)25-18-34-27(28(35)32-23-6-2-1-3-7-23)26(20-11-15-22(31)16-12-20)24-8-4-5-17-33(25)29(24)34/h1-3,6-7,9-16,18H,4-5,8,17H2,(H,32,35). The molecule has 1 aliphatic heterocycles. The van der Waals surface area contributed by atoms with Crippen molar-refractivity contribution >= 4 is 40.4 Å². The Morgan fingerprint density at radius 1 is 0.800 bits per heavy atom. The molecule has 5 aromatic rings. The van der Waals surface area contributed by atoms with E-state index < -0.39 is 0 Å². The maximum atomic E-state index is 13.8. The number of imidazole rings is 1. The lowest BCUT2D eigenvalue weighted by atomic mass is 9.97. The van der Waals surface area contributed by atoms with Gasteiger partial charge in [-0.3, -0.25) is 9.20 Å². The van der Waals surface area contributed by atoms with E-state index in [0.717, 1.165) is 59.5 Å². The van der Waals surface area contributed by atoms with Gasteiger partial charge in [0.2, 0.25) is 0 Å². The summed E-state index contributed by atoms with van der Waals surface area (Å²) in [4.78, 5) is 13.8. The van der Waals surface area contributed by atoms with Crippen molar-refractivity contribution in [3.8, 4) is 22.4 Å².